The van der Waals surface area contributed by atoms with Crippen LogP contribution >= 0.6 is 0 Å². The molecule has 0 radical (unpaired) electrons. The number of carbonyl (C=O) groups excluding carboxylic acids is 1. The molecule has 1 unspecified atom stereocenters. The van der Waals surface area contributed by atoms with Crippen LogP contribution in [0.25, 0.3) is 0 Å². The van der Waals surface area contributed by atoms with Crippen molar-refractivity contribution in [1.29, 1.82) is 0 Å². The number of hydrogen-bond acceptors (Lipinski definition) is 3. The molecule has 0 spiro atoms. The van der Waals surface area contributed by atoms with Crippen molar-refractivity contribution in [3.05, 3.63) is 29.3 Å². The molecule has 0 bridgehead atoms. The molecule has 14 heavy (non-hydrogen) atoms. The van der Waals surface area contributed by atoms with E-state index in [0.29, 0.717) is 6.61 Å². The Morgan fingerprint density at radius 1 is 1.57 bits per heavy atom. The van der Waals surface area contributed by atoms with Crippen molar-refractivity contribution in [1.82, 2.24) is 0 Å². The monoisotopic (exact) mass is 192 g/mol. The van der Waals surface area contributed by atoms with E-state index >= 15 is 0 Å². The van der Waals surface area contributed by atoms with Gasteiger partial charge in [-0.15, -0.1) is 0 Å². The van der Waals surface area contributed by atoms with Crippen molar-refractivity contribution < 1.29 is 14.6 Å². The van der Waals surface area contributed by atoms with Gasteiger partial charge in [-0.25, -0.2) is 0 Å². The summed E-state index contributed by atoms with van der Waals surface area (Å²) < 4.78 is 0. The van der Waals surface area contributed by atoms with Gasteiger partial charge >= 0.3 is 0 Å². The molecule has 3 heteroatoms. The maximum absolute atomic E-state index is 10.5. The Bertz CT molecular complexity index is 346. The average molecular weight is 192 g/mol. The number of rotatable bonds is 3. The van der Waals surface area contributed by atoms with E-state index in [-0.39, 0.29) is 5.92 Å². The van der Waals surface area contributed by atoms with E-state index in [0.717, 1.165) is 29.6 Å². The Kier molecular flexibility index (Phi) is 2.50. The van der Waals surface area contributed by atoms with Crippen LogP contribution in [0.2, 0.25) is 0 Å². The maximum Gasteiger partial charge on any atom is 0.171 e. The molecule has 0 saturated carbocycles. The number of hydrogen-bond donors (Lipinski definition) is 0. The highest BCUT2D eigenvalue weighted by Crippen LogP contribution is 2.27. The van der Waals surface area contributed by atoms with E-state index in [1.165, 1.54) is 0 Å². The maximum atomic E-state index is 10.5. The second kappa shape index (κ2) is 3.80. The molecule has 3 nitrogen and oxygen atoms in total. The lowest BCUT2D eigenvalue weighted by Crippen LogP contribution is -2.00. The number of carbonyl (C=O) groups is 1. The van der Waals surface area contributed by atoms with Crippen LogP contribution in [0.1, 0.15) is 18.1 Å². The first-order chi connectivity index (χ1) is 6.79. The highest BCUT2D eigenvalue weighted by Gasteiger charge is 2.14. The Morgan fingerprint density at radius 3 is 3.21 bits per heavy atom. The molecule has 1 aliphatic heterocycles. The quantitative estimate of drug-likeness (QED) is 0.542. The molecular formula is C11H12O3. The molecule has 1 aromatic rings. The molecule has 1 atom stereocenters. The minimum Gasteiger partial charge on any atom is -0.337 e. The van der Waals surface area contributed by atoms with Crippen molar-refractivity contribution in [2.45, 2.75) is 20.0 Å². The fourth-order valence-corrected chi connectivity index (χ4v) is 1.53. The Balaban J connectivity index is 2.16. The summed E-state index contributed by atoms with van der Waals surface area (Å²) in [5.74, 6) is 0.851. The number of aldehydes is 1. The largest absolute Gasteiger partial charge is 0.337 e. The predicted octanol–water partition coefficient (Wildman–Crippen LogP) is 1.89. The molecule has 2 rings (SSSR count). The third kappa shape index (κ3) is 1.77. The fraction of sp³-hybridized carbons (Fsp3) is 0.364. The molecule has 1 aliphatic rings. The average Bonchev–Trinajstić information content (AvgIpc) is 2.64. The zero-order valence-corrected chi connectivity index (χ0v) is 8.03. The molecule has 1 aromatic carbocycles. The first-order valence-electron chi connectivity index (χ1n) is 4.66. The normalized spacial score (nSPS) is 15.8. The van der Waals surface area contributed by atoms with Gasteiger partial charge in [-0.3, -0.25) is 0 Å². The zero-order valence-electron chi connectivity index (χ0n) is 8.03. The topological polar surface area (TPSA) is 35.5 Å². The van der Waals surface area contributed by atoms with E-state index in [1.807, 2.05) is 25.1 Å². The van der Waals surface area contributed by atoms with Crippen molar-refractivity contribution in [2.24, 2.45) is 5.92 Å². The summed E-state index contributed by atoms with van der Waals surface area (Å²) >= 11 is 0. The summed E-state index contributed by atoms with van der Waals surface area (Å²) in [5, 5.41) is 0. The van der Waals surface area contributed by atoms with Crippen LogP contribution in [0.3, 0.4) is 0 Å². The molecule has 0 N–H and O–H groups in total. The summed E-state index contributed by atoms with van der Waals surface area (Å²) in [6, 6.07) is 5.88. The molecule has 0 saturated heterocycles. The lowest BCUT2D eigenvalue weighted by Gasteiger charge is -2.04. The predicted molar refractivity (Wildman–Crippen MR) is 50.8 cm³/mol. The SMILES string of the molecule is CC(C=O)Cc1ccc2c(c1)COO2. The van der Waals surface area contributed by atoms with Gasteiger partial charge in [0.2, 0.25) is 0 Å². The highest BCUT2D eigenvalue weighted by molar-refractivity contribution is 5.53. The summed E-state index contributed by atoms with van der Waals surface area (Å²) in [5.41, 5.74) is 2.21. The van der Waals surface area contributed by atoms with Gasteiger partial charge in [0.05, 0.1) is 0 Å². The van der Waals surface area contributed by atoms with Gasteiger partial charge in [0.25, 0.3) is 0 Å². The van der Waals surface area contributed by atoms with Crippen molar-refractivity contribution >= 4 is 6.29 Å². The zero-order chi connectivity index (χ0) is 9.97. The standard InChI is InChI=1S/C11H12O3/c1-8(6-12)4-9-2-3-11-10(5-9)7-13-14-11/h2-3,5-6,8H,4,7H2,1H3. The van der Waals surface area contributed by atoms with Crippen LogP contribution in [-0.2, 0) is 22.7 Å². The Labute approximate surface area is 82.6 Å². The fourth-order valence-electron chi connectivity index (χ4n) is 1.53. The van der Waals surface area contributed by atoms with E-state index in [1.54, 1.807) is 0 Å². The van der Waals surface area contributed by atoms with Crippen molar-refractivity contribution in [3.63, 3.8) is 0 Å². The van der Waals surface area contributed by atoms with Crippen LogP contribution in [-0.4, -0.2) is 6.29 Å². The van der Waals surface area contributed by atoms with Crippen LogP contribution in [0.15, 0.2) is 18.2 Å². The van der Waals surface area contributed by atoms with Gasteiger partial charge in [-0.1, -0.05) is 13.0 Å². The number of benzene rings is 1. The first-order valence-corrected chi connectivity index (χ1v) is 4.66. The van der Waals surface area contributed by atoms with Crippen LogP contribution < -0.4 is 4.89 Å². The van der Waals surface area contributed by atoms with Gasteiger partial charge in [0, 0.05) is 11.5 Å². The second-order valence-electron chi connectivity index (χ2n) is 3.61. The van der Waals surface area contributed by atoms with Gasteiger partial charge in [-0.05, 0) is 24.1 Å². The molecule has 1 heterocycles. The minimum atomic E-state index is 0.0660. The van der Waals surface area contributed by atoms with Crippen LogP contribution in [0, 0.1) is 5.92 Å². The van der Waals surface area contributed by atoms with Gasteiger partial charge in [0.1, 0.15) is 12.9 Å². The van der Waals surface area contributed by atoms with E-state index in [2.05, 4.69) is 0 Å². The first kappa shape index (κ1) is 9.21. The number of fused-ring (bicyclic) bond motifs is 1. The van der Waals surface area contributed by atoms with Crippen LogP contribution in [0.4, 0.5) is 0 Å². The summed E-state index contributed by atoms with van der Waals surface area (Å²) in [7, 11) is 0. The lowest BCUT2D eigenvalue weighted by molar-refractivity contribution is -0.194. The van der Waals surface area contributed by atoms with Crippen LogP contribution in [0.5, 0.6) is 5.75 Å². The molecular weight excluding hydrogens is 180 g/mol. The second-order valence-corrected chi connectivity index (χ2v) is 3.61. The third-order valence-corrected chi connectivity index (χ3v) is 2.28. The Hall–Kier alpha value is -1.35. The van der Waals surface area contributed by atoms with Crippen molar-refractivity contribution in [2.75, 3.05) is 0 Å². The smallest absolute Gasteiger partial charge is 0.171 e. The molecule has 0 fully saturated rings. The van der Waals surface area contributed by atoms with Gasteiger partial charge < -0.3 is 9.68 Å². The molecule has 0 aromatic heterocycles. The molecule has 74 valence electrons. The summed E-state index contributed by atoms with van der Waals surface area (Å²) in [4.78, 5) is 20.2. The summed E-state index contributed by atoms with van der Waals surface area (Å²) in [6.45, 7) is 2.41. The van der Waals surface area contributed by atoms with Crippen molar-refractivity contribution in [3.8, 4) is 5.75 Å². The molecule has 0 amide bonds. The minimum absolute atomic E-state index is 0.0660. The van der Waals surface area contributed by atoms with E-state index < -0.39 is 0 Å². The Morgan fingerprint density at radius 2 is 2.43 bits per heavy atom. The lowest BCUT2D eigenvalue weighted by atomic mass is 10.0. The molecule has 0 aliphatic carbocycles. The van der Waals surface area contributed by atoms with E-state index in [4.69, 9.17) is 9.78 Å². The highest BCUT2D eigenvalue weighted by atomic mass is 17.2. The third-order valence-electron chi connectivity index (χ3n) is 2.28. The van der Waals surface area contributed by atoms with E-state index in [9.17, 15) is 4.79 Å². The van der Waals surface area contributed by atoms with Gasteiger partial charge in [-0.2, -0.15) is 4.89 Å². The van der Waals surface area contributed by atoms with Gasteiger partial charge in [0.15, 0.2) is 5.75 Å². The summed E-state index contributed by atoms with van der Waals surface area (Å²) in [6.07, 6.45) is 1.75.